The maximum Gasteiger partial charge on any atom is 0.231 e. The van der Waals surface area contributed by atoms with Gasteiger partial charge in [0.25, 0.3) is 0 Å². The average Bonchev–Trinajstić information content (AvgIpc) is 3.53. The molecule has 10 nitrogen and oxygen atoms in total. The Morgan fingerprint density at radius 1 is 1.24 bits per heavy atom. The fourth-order valence-corrected chi connectivity index (χ4v) is 4.92. The summed E-state index contributed by atoms with van der Waals surface area (Å²) in [6.45, 7) is 2.14. The summed E-state index contributed by atoms with van der Waals surface area (Å²) in [4.78, 5) is 13.7. The zero-order valence-electron chi connectivity index (χ0n) is 19.5. The maximum atomic E-state index is 11.3. The summed E-state index contributed by atoms with van der Waals surface area (Å²) in [5.41, 5.74) is 2.12. The lowest BCUT2D eigenvalue weighted by atomic mass is 10.2. The molecule has 1 aliphatic heterocycles. The summed E-state index contributed by atoms with van der Waals surface area (Å²) in [5, 5.41) is 5.49. The van der Waals surface area contributed by atoms with Crippen LogP contribution in [0.25, 0.3) is 28.1 Å². The van der Waals surface area contributed by atoms with E-state index in [1.54, 1.807) is 23.0 Å². The van der Waals surface area contributed by atoms with Gasteiger partial charge in [0.2, 0.25) is 5.88 Å². The smallest absolute Gasteiger partial charge is 0.231 e. The van der Waals surface area contributed by atoms with Crippen molar-refractivity contribution < 1.29 is 17.6 Å². The van der Waals surface area contributed by atoms with E-state index < -0.39 is 9.84 Å². The van der Waals surface area contributed by atoms with Gasteiger partial charge >= 0.3 is 0 Å². The van der Waals surface area contributed by atoms with E-state index in [0.29, 0.717) is 35.4 Å². The molecule has 0 N–H and O–H groups in total. The lowest BCUT2D eigenvalue weighted by molar-refractivity contribution is 0.301. The Bertz CT molecular complexity index is 1430. The molecular formula is C23H28N6O4S. The molecule has 0 radical (unpaired) electrons. The molecule has 0 saturated carbocycles. The minimum atomic E-state index is -3.02. The molecular weight excluding hydrogens is 456 g/mol. The van der Waals surface area contributed by atoms with Crippen LogP contribution in [0.1, 0.15) is 12.8 Å². The monoisotopic (exact) mass is 484 g/mol. The largest absolute Gasteiger partial charge is 0.477 e. The Kier molecular flexibility index (Phi) is 5.90. The molecule has 0 bridgehead atoms. The number of nitrogens with zero attached hydrogens (tertiary/aromatic N) is 6. The van der Waals surface area contributed by atoms with E-state index in [0.717, 1.165) is 36.3 Å². The number of hydrogen-bond donors (Lipinski definition) is 0. The summed E-state index contributed by atoms with van der Waals surface area (Å²) >= 11 is 0. The molecule has 1 aliphatic rings. The van der Waals surface area contributed by atoms with Gasteiger partial charge in [-0.2, -0.15) is 0 Å². The van der Waals surface area contributed by atoms with Crippen LogP contribution < -0.4 is 9.64 Å². The highest BCUT2D eigenvalue weighted by Crippen LogP contribution is 2.34. The molecule has 0 unspecified atom stereocenters. The quantitative estimate of drug-likeness (QED) is 0.349. The molecule has 1 saturated heterocycles. The maximum absolute atomic E-state index is 11.3. The molecule has 4 aromatic rings. The number of sulfone groups is 1. The minimum Gasteiger partial charge on any atom is -0.477 e. The highest BCUT2D eigenvalue weighted by molar-refractivity contribution is 7.90. The Morgan fingerprint density at radius 3 is 2.85 bits per heavy atom. The van der Waals surface area contributed by atoms with Crippen molar-refractivity contribution in [3.05, 3.63) is 36.7 Å². The molecule has 11 heteroatoms. The van der Waals surface area contributed by atoms with E-state index in [4.69, 9.17) is 9.15 Å². The molecule has 4 aromatic heterocycles. The van der Waals surface area contributed by atoms with Crippen LogP contribution in [0, 0.1) is 0 Å². The third-order valence-corrected chi connectivity index (χ3v) is 7.15. The lowest BCUT2D eigenvalue weighted by Crippen LogP contribution is -2.31. The van der Waals surface area contributed by atoms with Crippen LogP contribution in [0.4, 0.5) is 5.82 Å². The third kappa shape index (κ3) is 4.58. The molecule has 5 rings (SSSR count). The van der Waals surface area contributed by atoms with Gasteiger partial charge in [-0.3, -0.25) is 0 Å². The second-order valence-electron chi connectivity index (χ2n) is 8.93. The fraction of sp³-hybridized carbons (Fsp3) is 0.435. The Morgan fingerprint density at radius 2 is 2.09 bits per heavy atom. The predicted octanol–water partition coefficient (Wildman–Crippen LogP) is 2.49. The molecule has 0 spiro atoms. The number of fused-ring (bicyclic) bond motifs is 2. The summed E-state index contributed by atoms with van der Waals surface area (Å²) in [6.07, 6.45) is 6.22. The van der Waals surface area contributed by atoms with Gasteiger partial charge in [-0.25, -0.2) is 22.9 Å². The van der Waals surface area contributed by atoms with Gasteiger partial charge in [-0.1, -0.05) is 0 Å². The summed E-state index contributed by atoms with van der Waals surface area (Å²) in [7, 11) is 1.21. The molecule has 0 aromatic carbocycles. The highest BCUT2D eigenvalue weighted by Gasteiger charge is 2.27. The molecule has 34 heavy (non-hydrogen) atoms. The van der Waals surface area contributed by atoms with E-state index in [2.05, 4.69) is 39.0 Å². The molecule has 180 valence electrons. The topological polar surface area (TPSA) is 106 Å². The molecule has 1 fully saturated rings. The van der Waals surface area contributed by atoms with Crippen molar-refractivity contribution in [3.63, 3.8) is 0 Å². The van der Waals surface area contributed by atoms with Gasteiger partial charge in [-0.15, -0.1) is 5.10 Å². The Labute approximate surface area is 198 Å². The number of anilines is 1. The Hall–Kier alpha value is -3.18. The lowest BCUT2D eigenvalue weighted by Gasteiger charge is -2.21. The van der Waals surface area contributed by atoms with Gasteiger partial charge in [0.05, 0.1) is 23.9 Å². The summed E-state index contributed by atoms with van der Waals surface area (Å²) in [5.74, 6) is 2.04. The second-order valence-corrected chi connectivity index (χ2v) is 11.2. The van der Waals surface area contributed by atoms with Gasteiger partial charge in [0.1, 0.15) is 26.9 Å². The van der Waals surface area contributed by atoms with Gasteiger partial charge < -0.3 is 19.0 Å². The molecule has 0 aliphatic carbocycles. The predicted molar refractivity (Wildman–Crippen MR) is 130 cm³/mol. The fourth-order valence-electron chi connectivity index (χ4n) is 4.28. The average molecular weight is 485 g/mol. The van der Waals surface area contributed by atoms with Crippen molar-refractivity contribution in [1.29, 1.82) is 0 Å². The standard InChI is InChI=1S/C23H28N6O4S/c1-27(2)16-8-10-28(15-16)23-17-13-20(33-19(17)7-9-24-23)18-14-25-21-5-6-22(26-29(18)21)32-11-4-12-34(3,30)31/h5-7,9,13-14,16H,4,8,10-12,15H2,1-3H3/t16-/m0/s1. The van der Waals surface area contributed by atoms with Crippen molar-refractivity contribution in [2.75, 3.05) is 50.7 Å². The van der Waals surface area contributed by atoms with Crippen LogP contribution in [-0.2, 0) is 9.84 Å². The first-order valence-electron chi connectivity index (χ1n) is 11.2. The van der Waals surface area contributed by atoms with E-state index >= 15 is 0 Å². The van der Waals surface area contributed by atoms with Crippen molar-refractivity contribution in [2.24, 2.45) is 0 Å². The number of imidazole rings is 1. The number of aromatic nitrogens is 4. The number of likely N-dealkylation sites (N-methyl/N-ethyl adjacent to an activating group) is 1. The Balaban J connectivity index is 1.42. The number of furan rings is 1. The molecule has 1 atom stereocenters. The van der Waals surface area contributed by atoms with Crippen LogP contribution in [-0.4, -0.2) is 84.7 Å². The minimum absolute atomic E-state index is 0.0766. The molecule has 0 amide bonds. The first-order chi connectivity index (χ1) is 16.3. The normalized spacial score (nSPS) is 16.8. The number of pyridine rings is 1. The zero-order chi connectivity index (χ0) is 23.9. The van der Waals surface area contributed by atoms with E-state index in [9.17, 15) is 8.42 Å². The van der Waals surface area contributed by atoms with Gasteiger partial charge in [0, 0.05) is 37.7 Å². The first kappa shape index (κ1) is 22.6. The van der Waals surface area contributed by atoms with Crippen LogP contribution >= 0.6 is 0 Å². The summed E-state index contributed by atoms with van der Waals surface area (Å²) in [6, 6.07) is 7.90. The number of hydrogen-bond acceptors (Lipinski definition) is 9. The van der Waals surface area contributed by atoms with E-state index in [1.807, 2.05) is 18.2 Å². The van der Waals surface area contributed by atoms with Gasteiger partial charge in [-0.05, 0) is 45.1 Å². The summed E-state index contributed by atoms with van der Waals surface area (Å²) < 4.78 is 36.1. The van der Waals surface area contributed by atoms with E-state index in [-0.39, 0.29) is 12.4 Å². The van der Waals surface area contributed by atoms with Crippen LogP contribution in [0.3, 0.4) is 0 Å². The SMILES string of the molecule is CN(C)[C@H]1CCN(c2nccc3oc(-c4cnc5ccc(OCCCS(C)(=O)=O)nn45)cc23)C1. The molecule has 5 heterocycles. The zero-order valence-corrected chi connectivity index (χ0v) is 20.3. The number of ether oxygens (including phenoxy) is 1. The first-order valence-corrected chi connectivity index (χ1v) is 13.3. The van der Waals surface area contributed by atoms with E-state index in [1.165, 1.54) is 6.26 Å². The van der Waals surface area contributed by atoms with Crippen LogP contribution in [0.5, 0.6) is 5.88 Å². The van der Waals surface area contributed by atoms with Crippen molar-refractivity contribution in [1.82, 2.24) is 24.5 Å². The highest BCUT2D eigenvalue weighted by atomic mass is 32.2. The third-order valence-electron chi connectivity index (χ3n) is 6.12. The van der Waals surface area contributed by atoms with Crippen LogP contribution in [0.15, 0.2) is 41.1 Å². The van der Waals surface area contributed by atoms with Crippen LogP contribution in [0.2, 0.25) is 0 Å². The van der Waals surface area contributed by atoms with Crippen molar-refractivity contribution in [3.8, 4) is 17.3 Å². The van der Waals surface area contributed by atoms with Crippen molar-refractivity contribution in [2.45, 2.75) is 18.9 Å². The second kappa shape index (κ2) is 8.88. The van der Waals surface area contributed by atoms with Gasteiger partial charge in [0.15, 0.2) is 11.4 Å². The number of rotatable bonds is 8. The van der Waals surface area contributed by atoms with Crippen molar-refractivity contribution >= 4 is 32.3 Å².